The van der Waals surface area contributed by atoms with Crippen LogP contribution in [-0.4, -0.2) is 35.7 Å². The lowest BCUT2D eigenvalue weighted by atomic mass is 9.84. The quantitative estimate of drug-likeness (QED) is 0.507. The fourth-order valence-electron chi connectivity index (χ4n) is 1.48. The Balaban J connectivity index is 2.66. The molecule has 0 unspecified atom stereocenters. The molecule has 0 radical (unpaired) electrons. The molecule has 3 heteroatoms. The molecule has 2 atom stereocenters. The Morgan fingerprint density at radius 2 is 2.36 bits per heavy atom. The smallest absolute Gasteiger partial charge is 0.156 e. The van der Waals surface area contributed by atoms with Gasteiger partial charge >= 0.3 is 0 Å². The fraction of sp³-hybridized carbons (Fsp3) is 0.875. The topological polar surface area (TPSA) is 47.3 Å². The van der Waals surface area contributed by atoms with Crippen molar-refractivity contribution < 1.29 is 5.11 Å². The third-order valence-electron chi connectivity index (χ3n) is 2.47. The second-order valence-electron chi connectivity index (χ2n) is 3.45. The average Bonchev–Trinajstić information content (AvgIpc) is 1.98. The molecule has 1 fully saturated rings. The number of hydrogen-bond donors (Lipinski definition) is 1. The zero-order valence-electron chi connectivity index (χ0n) is 7.04. The third-order valence-corrected chi connectivity index (χ3v) is 2.47. The average molecular weight is 154 g/mol. The van der Waals surface area contributed by atoms with Gasteiger partial charge in [0.25, 0.3) is 0 Å². The maximum Gasteiger partial charge on any atom is 0.156 e. The van der Waals surface area contributed by atoms with Crippen molar-refractivity contribution in [1.29, 1.82) is 5.26 Å². The molecule has 0 amide bonds. The van der Waals surface area contributed by atoms with E-state index in [-0.39, 0.29) is 5.92 Å². The van der Waals surface area contributed by atoms with Crippen molar-refractivity contribution in [2.75, 3.05) is 20.1 Å². The zero-order valence-corrected chi connectivity index (χ0v) is 7.04. The Bertz CT molecular complexity index is 187. The number of piperidine rings is 1. The summed E-state index contributed by atoms with van der Waals surface area (Å²) in [7, 11) is 2.01. The van der Waals surface area contributed by atoms with E-state index in [1.165, 1.54) is 0 Å². The van der Waals surface area contributed by atoms with Gasteiger partial charge in [0, 0.05) is 25.4 Å². The van der Waals surface area contributed by atoms with Crippen LogP contribution in [0.15, 0.2) is 0 Å². The first-order valence-electron chi connectivity index (χ1n) is 3.90. The molecule has 1 heterocycles. The highest BCUT2D eigenvalue weighted by molar-refractivity contribution is 5.06. The van der Waals surface area contributed by atoms with E-state index in [4.69, 9.17) is 5.26 Å². The maximum atomic E-state index is 9.68. The Morgan fingerprint density at radius 1 is 1.73 bits per heavy atom. The van der Waals surface area contributed by atoms with Crippen LogP contribution in [0.4, 0.5) is 0 Å². The van der Waals surface area contributed by atoms with Crippen LogP contribution in [0, 0.1) is 17.2 Å². The van der Waals surface area contributed by atoms with Gasteiger partial charge in [-0.3, -0.25) is 0 Å². The van der Waals surface area contributed by atoms with Gasteiger partial charge in [0.2, 0.25) is 0 Å². The van der Waals surface area contributed by atoms with Gasteiger partial charge < -0.3 is 10.0 Å². The lowest BCUT2D eigenvalue weighted by Gasteiger charge is -2.37. The van der Waals surface area contributed by atoms with Gasteiger partial charge in [0.05, 0.1) is 6.07 Å². The Hall–Kier alpha value is -0.590. The first-order chi connectivity index (χ1) is 5.08. The number of nitriles is 1. The van der Waals surface area contributed by atoms with E-state index in [2.05, 4.69) is 4.90 Å². The van der Waals surface area contributed by atoms with Crippen molar-refractivity contribution >= 4 is 0 Å². The minimum absolute atomic E-state index is 0.0613. The molecule has 1 aliphatic rings. The van der Waals surface area contributed by atoms with E-state index < -0.39 is 5.60 Å². The highest BCUT2D eigenvalue weighted by atomic mass is 16.3. The summed E-state index contributed by atoms with van der Waals surface area (Å²) in [6.07, 6.45) is 0.571. The second kappa shape index (κ2) is 2.80. The van der Waals surface area contributed by atoms with Crippen LogP contribution < -0.4 is 0 Å². The molecule has 0 aromatic carbocycles. The summed E-state index contributed by atoms with van der Waals surface area (Å²) in [6.45, 7) is 3.54. The molecule has 0 saturated carbocycles. The number of nitrogens with zero attached hydrogens (tertiary/aromatic N) is 2. The minimum atomic E-state index is -1.08. The van der Waals surface area contributed by atoms with Crippen LogP contribution in [0.25, 0.3) is 0 Å². The summed E-state index contributed by atoms with van der Waals surface area (Å²) in [5.41, 5.74) is -1.08. The summed E-state index contributed by atoms with van der Waals surface area (Å²) in [5.74, 6) is 0.0613. The first kappa shape index (κ1) is 8.51. The standard InChI is InChI=1S/C8H14N2O/c1-7-5-10(2)4-3-8(7,11)6-9/h7,11H,3-5H2,1-2H3/t7-,8-/m0/s1. The maximum absolute atomic E-state index is 9.68. The van der Waals surface area contributed by atoms with Crippen molar-refractivity contribution in [3.63, 3.8) is 0 Å². The predicted octanol–water partition coefficient (Wildman–Crippen LogP) is 0.213. The molecule has 1 saturated heterocycles. The summed E-state index contributed by atoms with van der Waals surface area (Å²) in [5, 5.41) is 18.4. The lowest BCUT2D eigenvalue weighted by Crippen LogP contribution is -2.48. The summed E-state index contributed by atoms with van der Waals surface area (Å²) in [4.78, 5) is 2.14. The van der Waals surface area contributed by atoms with E-state index in [0.717, 1.165) is 13.1 Å². The molecule has 0 spiro atoms. The van der Waals surface area contributed by atoms with Crippen molar-refractivity contribution in [2.24, 2.45) is 5.92 Å². The van der Waals surface area contributed by atoms with E-state index >= 15 is 0 Å². The number of hydrogen-bond acceptors (Lipinski definition) is 3. The van der Waals surface area contributed by atoms with Crippen LogP contribution in [0.3, 0.4) is 0 Å². The molecule has 0 aliphatic carbocycles. The molecule has 3 nitrogen and oxygen atoms in total. The van der Waals surface area contributed by atoms with Crippen LogP contribution in [0.1, 0.15) is 13.3 Å². The summed E-state index contributed by atoms with van der Waals surface area (Å²) >= 11 is 0. The van der Waals surface area contributed by atoms with Crippen molar-refractivity contribution in [1.82, 2.24) is 4.90 Å². The molecule has 0 aromatic heterocycles. The Labute approximate surface area is 67.2 Å². The highest BCUT2D eigenvalue weighted by Crippen LogP contribution is 2.25. The SMILES string of the molecule is C[C@H]1CN(C)CC[C@]1(O)C#N. The van der Waals surface area contributed by atoms with E-state index in [1.807, 2.05) is 20.0 Å². The van der Waals surface area contributed by atoms with Crippen molar-refractivity contribution in [3.8, 4) is 6.07 Å². The van der Waals surface area contributed by atoms with Gasteiger partial charge in [0.1, 0.15) is 0 Å². The number of likely N-dealkylation sites (tertiary alicyclic amines) is 1. The first-order valence-corrected chi connectivity index (χ1v) is 3.90. The molecule has 1 rings (SSSR count). The van der Waals surface area contributed by atoms with E-state index in [1.54, 1.807) is 0 Å². The van der Waals surface area contributed by atoms with Gasteiger partial charge in [-0.25, -0.2) is 0 Å². The second-order valence-corrected chi connectivity index (χ2v) is 3.45. The van der Waals surface area contributed by atoms with E-state index in [9.17, 15) is 5.11 Å². The third kappa shape index (κ3) is 1.52. The lowest BCUT2D eigenvalue weighted by molar-refractivity contribution is -0.0141. The van der Waals surface area contributed by atoms with Gasteiger partial charge in [-0.1, -0.05) is 6.92 Å². The van der Waals surface area contributed by atoms with Crippen LogP contribution in [0.2, 0.25) is 0 Å². The molecular formula is C8H14N2O. The van der Waals surface area contributed by atoms with E-state index in [0.29, 0.717) is 6.42 Å². The molecule has 0 aromatic rings. The normalized spacial score (nSPS) is 40.0. The molecular weight excluding hydrogens is 140 g/mol. The minimum Gasteiger partial charge on any atom is -0.375 e. The van der Waals surface area contributed by atoms with Crippen molar-refractivity contribution in [2.45, 2.75) is 18.9 Å². The summed E-state index contributed by atoms with van der Waals surface area (Å²) in [6, 6.07) is 1.98. The van der Waals surface area contributed by atoms with Gasteiger partial charge in [-0.2, -0.15) is 5.26 Å². The molecule has 1 N–H and O–H groups in total. The predicted molar refractivity (Wildman–Crippen MR) is 41.8 cm³/mol. The Morgan fingerprint density at radius 3 is 2.82 bits per heavy atom. The van der Waals surface area contributed by atoms with Gasteiger partial charge in [-0.05, 0) is 7.05 Å². The van der Waals surface area contributed by atoms with Crippen molar-refractivity contribution in [3.05, 3.63) is 0 Å². The number of aliphatic hydroxyl groups is 1. The van der Waals surface area contributed by atoms with Gasteiger partial charge in [0.15, 0.2) is 5.60 Å². The van der Waals surface area contributed by atoms with Crippen LogP contribution >= 0.6 is 0 Å². The van der Waals surface area contributed by atoms with Crippen LogP contribution in [0.5, 0.6) is 0 Å². The fourth-order valence-corrected chi connectivity index (χ4v) is 1.48. The number of rotatable bonds is 0. The van der Waals surface area contributed by atoms with Crippen LogP contribution in [-0.2, 0) is 0 Å². The van der Waals surface area contributed by atoms with Gasteiger partial charge in [-0.15, -0.1) is 0 Å². The highest BCUT2D eigenvalue weighted by Gasteiger charge is 2.37. The molecule has 62 valence electrons. The molecule has 0 bridgehead atoms. The summed E-state index contributed by atoms with van der Waals surface area (Å²) < 4.78 is 0. The monoisotopic (exact) mass is 154 g/mol. The Kier molecular flexibility index (Phi) is 2.17. The zero-order chi connectivity index (χ0) is 8.48. The molecule has 11 heavy (non-hydrogen) atoms. The largest absolute Gasteiger partial charge is 0.375 e. The molecule has 1 aliphatic heterocycles.